The second kappa shape index (κ2) is 3.56. The minimum atomic E-state index is -0.379. The molecule has 1 heterocycles. The van der Waals surface area contributed by atoms with Gasteiger partial charge >= 0.3 is 0 Å². The Hall–Kier alpha value is -0.570. The predicted octanol–water partition coefficient (Wildman–Crippen LogP) is -0.172. The van der Waals surface area contributed by atoms with E-state index in [0.29, 0.717) is 19.5 Å². The van der Waals surface area contributed by atoms with E-state index in [4.69, 9.17) is 1.37 Å². The molecule has 0 aromatic rings. The molecular weight excluding hydrogens is 128 g/mol. The molecule has 3 heteroatoms. The molecule has 1 aliphatic rings. The van der Waals surface area contributed by atoms with Gasteiger partial charge in [0.25, 0.3) is 0 Å². The van der Waals surface area contributed by atoms with Gasteiger partial charge in [0.1, 0.15) is 0 Å². The van der Waals surface area contributed by atoms with Gasteiger partial charge in [-0.05, 0) is 0 Å². The molecule has 1 fully saturated rings. The topological polar surface area (TPSA) is 32.3 Å². The first-order chi connectivity index (χ1) is 5.25. The average Bonchev–Trinajstić information content (AvgIpc) is 2.04. The molecule has 3 nitrogen and oxygen atoms in total. The van der Waals surface area contributed by atoms with E-state index in [1.165, 1.54) is 0 Å². The molecule has 0 spiro atoms. The minimum absolute atomic E-state index is 0.0894. The maximum absolute atomic E-state index is 11.2. The van der Waals surface area contributed by atoms with Gasteiger partial charge in [0, 0.05) is 32.6 Å². The summed E-state index contributed by atoms with van der Waals surface area (Å²) in [5.74, 6) is 0.0894. The molecule has 1 unspecified atom stereocenters. The SMILES string of the molecule is [2H]C1CNCCN1C(=O)CC. The van der Waals surface area contributed by atoms with Crippen LogP contribution in [0.2, 0.25) is 0 Å². The Labute approximate surface area is 62.8 Å². The molecule has 10 heavy (non-hydrogen) atoms. The highest BCUT2D eigenvalue weighted by Crippen LogP contribution is 1.95. The molecule has 0 aliphatic carbocycles. The Balaban J connectivity index is 2.47. The van der Waals surface area contributed by atoms with Gasteiger partial charge in [0.15, 0.2) is 0 Å². The molecule has 1 amide bonds. The molecule has 0 radical (unpaired) electrons. The molecule has 1 rings (SSSR count). The minimum Gasteiger partial charge on any atom is -0.340 e. The summed E-state index contributed by atoms with van der Waals surface area (Å²) >= 11 is 0. The highest BCUT2D eigenvalue weighted by Gasteiger charge is 2.12. The van der Waals surface area contributed by atoms with Crippen LogP contribution >= 0.6 is 0 Å². The predicted molar refractivity (Wildman–Crippen MR) is 39.7 cm³/mol. The number of hydrogen-bond donors (Lipinski definition) is 1. The lowest BCUT2D eigenvalue weighted by atomic mass is 10.3. The molecule has 0 aromatic heterocycles. The van der Waals surface area contributed by atoms with Crippen molar-refractivity contribution in [3.05, 3.63) is 0 Å². The second-order valence-electron chi connectivity index (χ2n) is 2.33. The first-order valence-electron chi connectivity index (χ1n) is 4.26. The summed E-state index contributed by atoms with van der Waals surface area (Å²) in [5.41, 5.74) is 0. The maximum atomic E-state index is 11.2. The van der Waals surface area contributed by atoms with Crippen molar-refractivity contribution >= 4 is 5.91 Å². The van der Waals surface area contributed by atoms with Gasteiger partial charge in [-0.2, -0.15) is 0 Å². The number of amides is 1. The van der Waals surface area contributed by atoms with E-state index in [0.717, 1.165) is 6.54 Å². The third-order valence-corrected chi connectivity index (χ3v) is 1.61. The van der Waals surface area contributed by atoms with Crippen LogP contribution in [0.5, 0.6) is 0 Å². The second-order valence-corrected chi connectivity index (χ2v) is 2.33. The summed E-state index contributed by atoms with van der Waals surface area (Å²) in [6.45, 7) is 3.56. The Bertz CT molecular complexity index is 151. The number of nitrogens with one attached hydrogen (secondary N) is 1. The van der Waals surface area contributed by atoms with Crippen LogP contribution in [0, 0.1) is 0 Å². The summed E-state index contributed by atoms with van der Waals surface area (Å²) < 4.78 is 7.51. The van der Waals surface area contributed by atoms with Gasteiger partial charge in [-0.3, -0.25) is 4.79 Å². The number of carbonyl (C=O) groups is 1. The smallest absolute Gasteiger partial charge is 0.222 e. The lowest BCUT2D eigenvalue weighted by Gasteiger charge is -2.26. The van der Waals surface area contributed by atoms with Gasteiger partial charge in [0.05, 0.1) is 1.37 Å². The lowest BCUT2D eigenvalue weighted by Crippen LogP contribution is -2.46. The first kappa shape index (κ1) is 6.16. The van der Waals surface area contributed by atoms with Crippen LogP contribution < -0.4 is 5.32 Å². The Kier molecular flexibility index (Phi) is 2.19. The van der Waals surface area contributed by atoms with Gasteiger partial charge in [-0.25, -0.2) is 0 Å². The molecular formula is C7H14N2O. The van der Waals surface area contributed by atoms with Crippen molar-refractivity contribution in [2.45, 2.75) is 13.3 Å². The van der Waals surface area contributed by atoms with E-state index in [-0.39, 0.29) is 12.4 Å². The van der Waals surface area contributed by atoms with E-state index >= 15 is 0 Å². The van der Waals surface area contributed by atoms with E-state index in [9.17, 15) is 4.79 Å². The fourth-order valence-corrected chi connectivity index (χ4v) is 0.997. The number of hydrogen-bond acceptors (Lipinski definition) is 2. The number of rotatable bonds is 1. The van der Waals surface area contributed by atoms with Crippen molar-refractivity contribution in [1.29, 1.82) is 0 Å². The summed E-state index contributed by atoms with van der Waals surface area (Å²) in [6.07, 6.45) is 0.509. The Morgan fingerprint density at radius 1 is 1.80 bits per heavy atom. The van der Waals surface area contributed by atoms with Gasteiger partial charge in [-0.1, -0.05) is 6.92 Å². The molecule has 1 aliphatic heterocycles. The molecule has 0 saturated carbocycles. The molecule has 0 aromatic carbocycles. The monoisotopic (exact) mass is 143 g/mol. The Morgan fingerprint density at radius 3 is 3.20 bits per heavy atom. The summed E-state index contributed by atoms with van der Waals surface area (Å²) in [7, 11) is 0. The number of nitrogens with zero attached hydrogens (tertiary/aromatic N) is 1. The zero-order chi connectivity index (χ0) is 8.27. The van der Waals surface area contributed by atoms with Crippen molar-refractivity contribution in [2.24, 2.45) is 0 Å². The molecule has 1 atom stereocenters. The van der Waals surface area contributed by atoms with Gasteiger partial charge < -0.3 is 10.2 Å². The van der Waals surface area contributed by atoms with Crippen LogP contribution in [0.1, 0.15) is 14.7 Å². The van der Waals surface area contributed by atoms with Crippen molar-refractivity contribution in [3.8, 4) is 0 Å². The molecule has 58 valence electrons. The van der Waals surface area contributed by atoms with Crippen molar-refractivity contribution < 1.29 is 6.17 Å². The molecule has 0 bridgehead atoms. The quantitative estimate of drug-likeness (QED) is 0.552. The van der Waals surface area contributed by atoms with Crippen LogP contribution in [0.25, 0.3) is 0 Å². The van der Waals surface area contributed by atoms with Crippen molar-refractivity contribution in [2.75, 3.05) is 26.2 Å². The van der Waals surface area contributed by atoms with E-state index in [1.54, 1.807) is 4.90 Å². The molecule has 1 saturated heterocycles. The number of carbonyl (C=O) groups excluding carboxylic acids is 1. The fraction of sp³-hybridized carbons (Fsp3) is 0.857. The van der Waals surface area contributed by atoms with Crippen molar-refractivity contribution in [3.63, 3.8) is 0 Å². The zero-order valence-corrected chi connectivity index (χ0v) is 6.26. The van der Waals surface area contributed by atoms with Crippen LogP contribution in [0.15, 0.2) is 0 Å². The largest absolute Gasteiger partial charge is 0.340 e. The average molecular weight is 143 g/mol. The highest BCUT2D eigenvalue weighted by atomic mass is 16.2. The summed E-state index contributed by atoms with van der Waals surface area (Å²) in [6, 6.07) is 0. The van der Waals surface area contributed by atoms with Crippen LogP contribution in [0.3, 0.4) is 0 Å². The standard InChI is InChI=1S/C7H14N2O/c1-2-7(10)9-5-3-8-4-6-9/h8H,2-6H2,1H3/i5D. The molecule has 1 N–H and O–H groups in total. The van der Waals surface area contributed by atoms with Crippen LogP contribution in [-0.4, -0.2) is 37.0 Å². The first-order valence-corrected chi connectivity index (χ1v) is 3.68. The maximum Gasteiger partial charge on any atom is 0.222 e. The fourth-order valence-electron chi connectivity index (χ4n) is 0.997. The number of piperazine rings is 1. The summed E-state index contributed by atoms with van der Waals surface area (Å²) in [4.78, 5) is 12.8. The summed E-state index contributed by atoms with van der Waals surface area (Å²) in [5, 5.41) is 3.06. The van der Waals surface area contributed by atoms with Gasteiger partial charge in [-0.15, -0.1) is 0 Å². The lowest BCUT2D eigenvalue weighted by molar-refractivity contribution is -0.131. The van der Waals surface area contributed by atoms with Crippen LogP contribution in [0.4, 0.5) is 0 Å². The van der Waals surface area contributed by atoms with E-state index in [1.807, 2.05) is 6.92 Å². The van der Waals surface area contributed by atoms with Crippen molar-refractivity contribution in [1.82, 2.24) is 10.2 Å². The van der Waals surface area contributed by atoms with Crippen LogP contribution in [-0.2, 0) is 4.79 Å². The zero-order valence-electron chi connectivity index (χ0n) is 7.26. The van der Waals surface area contributed by atoms with E-state index < -0.39 is 0 Å². The van der Waals surface area contributed by atoms with Gasteiger partial charge in [0.2, 0.25) is 5.91 Å². The normalized spacial score (nSPS) is 27.9. The Morgan fingerprint density at radius 2 is 2.60 bits per heavy atom. The third-order valence-electron chi connectivity index (χ3n) is 1.61. The third kappa shape index (κ3) is 1.70. The van der Waals surface area contributed by atoms with E-state index in [2.05, 4.69) is 5.32 Å². The highest BCUT2D eigenvalue weighted by molar-refractivity contribution is 5.75.